The molecule has 0 bridgehead atoms. The molecule has 0 radical (unpaired) electrons. The Balaban J connectivity index is 2.00. The van der Waals surface area contributed by atoms with Gasteiger partial charge in [0.15, 0.2) is 6.79 Å². The van der Waals surface area contributed by atoms with E-state index in [0.29, 0.717) is 13.4 Å². The predicted molar refractivity (Wildman–Crippen MR) is 61.6 cm³/mol. The quantitative estimate of drug-likeness (QED) is 0.861. The summed E-state index contributed by atoms with van der Waals surface area (Å²) in [6.45, 7) is 0.892. The molecule has 1 aromatic carbocycles. The lowest BCUT2D eigenvalue weighted by Gasteiger charge is -2.22. The first-order chi connectivity index (χ1) is 7.68. The molecule has 2 aliphatic rings. The maximum atomic E-state index is 6.23. The van der Waals surface area contributed by atoms with Gasteiger partial charge in [-0.05, 0) is 37.0 Å². The molecule has 2 N–H and O–H groups in total. The fourth-order valence-corrected chi connectivity index (χ4v) is 2.31. The molecule has 0 saturated heterocycles. The molecule has 1 aliphatic carbocycles. The van der Waals surface area contributed by atoms with E-state index in [9.17, 15) is 0 Å². The molecule has 3 nitrogen and oxygen atoms in total. The molecule has 1 fully saturated rings. The van der Waals surface area contributed by atoms with Crippen LogP contribution >= 0.6 is 11.6 Å². The first-order valence-corrected chi connectivity index (χ1v) is 5.85. The molecular weight excluding hydrogens is 226 g/mol. The van der Waals surface area contributed by atoms with Gasteiger partial charge in [0.1, 0.15) is 5.75 Å². The van der Waals surface area contributed by atoms with Gasteiger partial charge in [-0.2, -0.15) is 0 Å². The third kappa shape index (κ3) is 1.79. The number of fused-ring (bicyclic) bond motifs is 1. The number of rotatable bonds is 2. The van der Waals surface area contributed by atoms with E-state index in [1.165, 1.54) is 0 Å². The average Bonchev–Trinajstić information content (AvgIpc) is 3.01. The fourth-order valence-electron chi connectivity index (χ4n) is 2.07. The van der Waals surface area contributed by atoms with E-state index >= 15 is 0 Å². The van der Waals surface area contributed by atoms with Crippen LogP contribution in [-0.4, -0.2) is 12.3 Å². The lowest BCUT2D eigenvalue weighted by molar-refractivity contribution is -0.0168. The number of hydrogen-bond donors (Lipinski definition) is 1. The van der Waals surface area contributed by atoms with Crippen LogP contribution in [-0.2, 0) is 17.8 Å². The smallest absolute Gasteiger partial charge is 0.189 e. The predicted octanol–water partition coefficient (Wildman–Crippen LogP) is 2.24. The summed E-state index contributed by atoms with van der Waals surface area (Å²) in [5.41, 5.74) is 8.26. The standard InChI is InChI=1S/C12H14ClNO2/c13-10-1-2-11-9(6-15-7-16-11)8(10)5-12(14)3-4-12/h1-2H,3-7,14H2. The number of benzene rings is 1. The lowest BCUT2D eigenvalue weighted by Crippen LogP contribution is -2.26. The van der Waals surface area contributed by atoms with E-state index in [-0.39, 0.29) is 5.54 Å². The summed E-state index contributed by atoms with van der Waals surface area (Å²) in [5.74, 6) is 0.884. The van der Waals surface area contributed by atoms with Crippen molar-refractivity contribution in [3.05, 3.63) is 28.3 Å². The van der Waals surface area contributed by atoms with Crippen LogP contribution in [0.1, 0.15) is 24.0 Å². The molecule has 16 heavy (non-hydrogen) atoms. The van der Waals surface area contributed by atoms with Gasteiger partial charge in [-0.1, -0.05) is 11.6 Å². The third-order valence-electron chi connectivity index (χ3n) is 3.30. The molecule has 1 aliphatic heterocycles. The summed E-state index contributed by atoms with van der Waals surface area (Å²) in [4.78, 5) is 0. The highest BCUT2D eigenvalue weighted by Crippen LogP contribution is 2.40. The highest BCUT2D eigenvalue weighted by atomic mass is 35.5. The van der Waals surface area contributed by atoms with Gasteiger partial charge in [-0.3, -0.25) is 0 Å². The summed E-state index contributed by atoms with van der Waals surface area (Å²) >= 11 is 6.23. The zero-order chi connectivity index (χ0) is 11.2. The molecule has 0 amide bonds. The van der Waals surface area contributed by atoms with Crippen LogP contribution in [0.25, 0.3) is 0 Å². The molecule has 0 spiro atoms. The SMILES string of the molecule is NC1(Cc2c(Cl)ccc3c2COCO3)CC1. The molecule has 4 heteroatoms. The van der Waals surface area contributed by atoms with Crippen molar-refractivity contribution in [2.45, 2.75) is 31.4 Å². The highest BCUT2D eigenvalue weighted by Gasteiger charge is 2.39. The molecule has 0 aromatic heterocycles. The van der Waals surface area contributed by atoms with Gasteiger partial charge < -0.3 is 15.2 Å². The Morgan fingerprint density at radius 3 is 2.94 bits per heavy atom. The second kappa shape index (κ2) is 3.62. The topological polar surface area (TPSA) is 44.5 Å². The maximum Gasteiger partial charge on any atom is 0.189 e. The Labute approximate surface area is 99.5 Å². The van der Waals surface area contributed by atoms with E-state index in [1.54, 1.807) is 0 Å². The minimum absolute atomic E-state index is 0.0454. The van der Waals surface area contributed by atoms with E-state index in [1.807, 2.05) is 12.1 Å². The molecule has 1 aromatic rings. The molecule has 3 rings (SSSR count). The van der Waals surface area contributed by atoms with Crippen molar-refractivity contribution >= 4 is 11.6 Å². The first-order valence-electron chi connectivity index (χ1n) is 5.48. The van der Waals surface area contributed by atoms with Crippen molar-refractivity contribution < 1.29 is 9.47 Å². The minimum atomic E-state index is -0.0454. The monoisotopic (exact) mass is 239 g/mol. The number of ether oxygens (including phenoxy) is 2. The van der Waals surface area contributed by atoms with Gasteiger partial charge in [0.05, 0.1) is 6.61 Å². The molecule has 0 atom stereocenters. The van der Waals surface area contributed by atoms with Crippen LogP contribution in [0.2, 0.25) is 5.02 Å². The van der Waals surface area contributed by atoms with Gasteiger partial charge in [-0.25, -0.2) is 0 Å². The van der Waals surface area contributed by atoms with Crippen LogP contribution < -0.4 is 10.5 Å². The molecule has 86 valence electrons. The van der Waals surface area contributed by atoms with Crippen molar-refractivity contribution in [3.63, 3.8) is 0 Å². The average molecular weight is 240 g/mol. The van der Waals surface area contributed by atoms with Gasteiger partial charge in [0.25, 0.3) is 0 Å². The molecule has 1 saturated carbocycles. The summed E-state index contributed by atoms with van der Waals surface area (Å²) in [6, 6.07) is 3.78. The van der Waals surface area contributed by atoms with E-state index < -0.39 is 0 Å². The Hall–Kier alpha value is -0.770. The highest BCUT2D eigenvalue weighted by molar-refractivity contribution is 6.31. The van der Waals surface area contributed by atoms with Crippen LogP contribution in [0.4, 0.5) is 0 Å². The zero-order valence-corrected chi connectivity index (χ0v) is 9.72. The second-order valence-electron chi connectivity index (χ2n) is 4.65. The van der Waals surface area contributed by atoms with Crippen molar-refractivity contribution in [1.29, 1.82) is 0 Å². The Morgan fingerprint density at radius 1 is 1.38 bits per heavy atom. The Morgan fingerprint density at radius 2 is 2.19 bits per heavy atom. The summed E-state index contributed by atoms with van der Waals surface area (Å²) in [7, 11) is 0. The van der Waals surface area contributed by atoms with E-state index in [2.05, 4.69) is 0 Å². The molecular formula is C12H14ClNO2. The number of halogens is 1. The van der Waals surface area contributed by atoms with Crippen LogP contribution in [0.3, 0.4) is 0 Å². The maximum absolute atomic E-state index is 6.23. The van der Waals surface area contributed by atoms with Crippen LogP contribution in [0.5, 0.6) is 5.75 Å². The minimum Gasteiger partial charge on any atom is -0.467 e. The van der Waals surface area contributed by atoms with Gasteiger partial charge in [0.2, 0.25) is 0 Å². The summed E-state index contributed by atoms with van der Waals surface area (Å²) < 4.78 is 10.7. The van der Waals surface area contributed by atoms with E-state index in [0.717, 1.165) is 41.2 Å². The van der Waals surface area contributed by atoms with Crippen molar-refractivity contribution in [2.24, 2.45) is 5.73 Å². The van der Waals surface area contributed by atoms with Crippen LogP contribution in [0, 0.1) is 0 Å². The van der Waals surface area contributed by atoms with Crippen molar-refractivity contribution in [1.82, 2.24) is 0 Å². The van der Waals surface area contributed by atoms with Gasteiger partial charge >= 0.3 is 0 Å². The molecule has 1 heterocycles. The van der Waals surface area contributed by atoms with Crippen molar-refractivity contribution in [2.75, 3.05) is 6.79 Å². The number of nitrogens with two attached hydrogens (primary N) is 1. The second-order valence-corrected chi connectivity index (χ2v) is 5.06. The lowest BCUT2D eigenvalue weighted by atomic mass is 9.98. The Kier molecular flexibility index (Phi) is 2.35. The normalized spacial score (nSPS) is 21.1. The molecule has 0 unspecified atom stereocenters. The van der Waals surface area contributed by atoms with Gasteiger partial charge in [0, 0.05) is 16.1 Å². The largest absolute Gasteiger partial charge is 0.467 e. The Bertz CT molecular complexity index is 429. The summed E-state index contributed by atoms with van der Waals surface area (Å²) in [5, 5.41) is 0.768. The van der Waals surface area contributed by atoms with E-state index in [4.69, 9.17) is 26.8 Å². The van der Waals surface area contributed by atoms with Gasteiger partial charge in [-0.15, -0.1) is 0 Å². The third-order valence-corrected chi connectivity index (χ3v) is 3.65. The summed E-state index contributed by atoms with van der Waals surface area (Å²) in [6.07, 6.45) is 2.98. The zero-order valence-electron chi connectivity index (χ0n) is 8.96. The first kappa shape index (κ1) is 10.4. The fraction of sp³-hybridized carbons (Fsp3) is 0.500. The van der Waals surface area contributed by atoms with Crippen molar-refractivity contribution in [3.8, 4) is 5.75 Å². The number of hydrogen-bond acceptors (Lipinski definition) is 3. The van der Waals surface area contributed by atoms with Crippen LogP contribution in [0.15, 0.2) is 12.1 Å².